The number of anilines is 2. The van der Waals surface area contributed by atoms with Crippen LogP contribution in [0.25, 0.3) is 0 Å². The molecule has 34 heavy (non-hydrogen) atoms. The topological polar surface area (TPSA) is 97.0 Å². The number of carbonyl (C=O) groups excluding carboxylic acids is 3. The summed E-state index contributed by atoms with van der Waals surface area (Å²) in [6.45, 7) is 2.21. The van der Waals surface area contributed by atoms with Gasteiger partial charge in [0.2, 0.25) is 11.8 Å². The quantitative estimate of drug-likeness (QED) is 0.676. The van der Waals surface area contributed by atoms with E-state index in [1.165, 1.54) is 0 Å². The zero-order valence-corrected chi connectivity index (χ0v) is 19.6. The molecular formula is C26H31N3O5. The minimum absolute atomic E-state index is 0.0851. The number of carbonyl (C=O) groups is 3. The molecular weight excluding hydrogens is 434 g/mol. The first-order valence-electron chi connectivity index (χ1n) is 11.8. The van der Waals surface area contributed by atoms with Gasteiger partial charge in [0, 0.05) is 24.8 Å². The molecule has 1 saturated heterocycles. The molecule has 0 unspecified atom stereocenters. The first kappa shape index (κ1) is 23.8. The zero-order chi connectivity index (χ0) is 24.1. The fourth-order valence-corrected chi connectivity index (χ4v) is 4.50. The third-order valence-corrected chi connectivity index (χ3v) is 6.24. The number of nitrogens with zero attached hydrogens (tertiary/aromatic N) is 1. The van der Waals surface area contributed by atoms with Crippen LogP contribution in [0, 0.1) is 0 Å². The van der Waals surface area contributed by atoms with Crippen LogP contribution in [0.4, 0.5) is 11.4 Å². The van der Waals surface area contributed by atoms with Crippen molar-refractivity contribution in [3.8, 4) is 5.75 Å². The second-order valence-electron chi connectivity index (χ2n) is 8.80. The summed E-state index contributed by atoms with van der Waals surface area (Å²) in [6.07, 6.45) is 2.21. The Morgan fingerprint density at radius 2 is 1.79 bits per heavy atom. The van der Waals surface area contributed by atoms with Crippen LogP contribution in [-0.4, -0.2) is 54.5 Å². The van der Waals surface area contributed by atoms with Crippen LogP contribution in [0.5, 0.6) is 5.75 Å². The number of fused-ring (bicyclic) bond motifs is 2. The molecule has 0 radical (unpaired) electrons. The van der Waals surface area contributed by atoms with Crippen molar-refractivity contribution in [1.82, 2.24) is 4.90 Å². The van der Waals surface area contributed by atoms with E-state index in [2.05, 4.69) is 10.6 Å². The lowest BCUT2D eigenvalue weighted by atomic mass is 9.94. The van der Waals surface area contributed by atoms with Crippen molar-refractivity contribution in [3.05, 3.63) is 54.1 Å². The number of benzene rings is 2. The molecule has 8 nitrogen and oxygen atoms in total. The maximum absolute atomic E-state index is 13.3. The Labute approximate surface area is 199 Å². The monoisotopic (exact) mass is 465 g/mol. The number of para-hydroxylation sites is 1. The van der Waals surface area contributed by atoms with Crippen LogP contribution >= 0.6 is 0 Å². The van der Waals surface area contributed by atoms with Crippen LogP contribution in [0.2, 0.25) is 0 Å². The molecule has 2 aromatic carbocycles. The Morgan fingerprint density at radius 3 is 2.56 bits per heavy atom. The van der Waals surface area contributed by atoms with Gasteiger partial charge in [0.15, 0.2) is 0 Å². The van der Waals surface area contributed by atoms with E-state index in [9.17, 15) is 14.4 Å². The van der Waals surface area contributed by atoms with E-state index < -0.39 is 0 Å². The van der Waals surface area contributed by atoms with Crippen molar-refractivity contribution in [2.75, 3.05) is 24.3 Å². The standard InChI is InChI=1S/C26H31N3O5/c1-3-7-24(30)28-18-10-13-22-20(14-18)26(32)29(2)21-12-11-19(34-23(21)16-33-22)15-25(31)27-17-8-5-4-6-9-17/h4-6,8-10,13-14,19,21,23H,3,7,11-12,15-16H2,1-2H3,(H,27,31)(H,28,30)/t19-,21+,23+/m0/s1. The third-order valence-electron chi connectivity index (χ3n) is 6.24. The second-order valence-corrected chi connectivity index (χ2v) is 8.80. The van der Waals surface area contributed by atoms with Gasteiger partial charge >= 0.3 is 0 Å². The molecule has 180 valence electrons. The average molecular weight is 466 g/mol. The summed E-state index contributed by atoms with van der Waals surface area (Å²) in [4.78, 5) is 39.4. The minimum atomic E-state index is -0.339. The molecule has 0 spiro atoms. The van der Waals surface area contributed by atoms with Gasteiger partial charge in [-0.2, -0.15) is 0 Å². The van der Waals surface area contributed by atoms with Crippen molar-refractivity contribution in [2.24, 2.45) is 0 Å². The first-order valence-corrected chi connectivity index (χ1v) is 11.8. The van der Waals surface area contributed by atoms with Crippen molar-refractivity contribution in [2.45, 2.75) is 57.3 Å². The van der Waals surface area contributed by atoms with E-state index in [4.69, 9.17) is 9.47 Å². The smallest absolute Gasteiger partial charge is 0.257 e. The number of rotatable bonds is 6. The molecule has 0 saturated carbocycles. The normalized spacial score (nSPS) is 21.9. The fraction of sp³-hybridized carbons (Fsp3) is 0.423. The van der Waals surface area contributed by atoms with Crippen LogP contribution in [0.15, 0.2) is 48.5 Å². The molecule has 3 amide bonds. The minimum Gasteiger partial charge on any atom is -0.490 e. The molecule has 8 heteroatoms. The molecule has 1 fully saturated rings. The number of hydrogen-bond acceptors (Lipinski definition) is 5. The Balaban J connectivity index is 1.42. The lowest BCUT2D eigenvalue weighted by molar-refractivity contribution is -0.130. The number of amides is 3. The van der Waals surface area contributed by atoms with E-state index >= 15 is 0 Å². The van der Waals surface area contributed by atoms with E-state index in [0.717, 1.165) is 12.1 Å². The van der Waals surface area contributed by atoms with Gasteiger partial charge in [0.05, 0.1) is 24.1 Å². The van der Waals surface area contributed by atoms with Gasteiger partial charge in [0.1, 0.15) is 18.5 Å². The summed E-state index contributed by atoms with van der Waals surface area (Å²) in [5.74, 6) is 0.0865. The summed E-state index contributed by atoms with van der Waals surface area (Å²) >= 11 is 0. The molecule has 0 aromatic heterocycles. The van der Waals surface area contributed by atoms with Crippen molar-refractivity contribution in [1.29, 1.82) is 0 Å². The Kier molecular flexibility index (Phi) is 7.47. The summed E-state index contributed by atoms with van der Waals surface area (Å²) in [6, 6.07) is 14.3. The molecule has 2 N–H and O–H groups in total. The lowest BCUT2D eigenvalue weighted by Crippen LogP contribution is -2.53. The van der Waals surface area contributed by atoms with Crippen LogP contribution < -0.4 is 15.4 Å². The molecule has 2 heterocycles. The van der Waals surface area contributed by atoms with Gasteiger partial charge in [-0.1, -0.05) is 25.1 Å². The SMILES string of the molecule is CCCC(=O)Nc1ccc2c(c1)C(=O)N(C)[C@@H]1CC[C@@H](CC(=O)Nc3ccccc3)O[C@@H]1CO2. The van der Waals surface area contributed by atoms with Gasteiger partial charge in [-0.15, -0.1) is 0 Å². The highest BCUT2D eigenvalue weighted by Gasteiger charge is 2.39. The van der Waals surface area contributed by atoms with Gasteiger partial charge in [-0.3, -0.25) is 14.4 Å². The van der Waals surface area contributed by atoms with Crippen molar-refractivity contribution in [3.63, 3.8) is 0 Å². The van der Waals surface area contributed by atoms with Gasteiger partial charge in [0.25, 0.3) is 5.91 Å². The number of hydrogen-bond donors (Lipinski definition) is 2. The van der Waals surface area contributed by atoms with Crippen molar-refractivity contribution < 1.29 is 23.9 Å². The Morgan fingerprint density at radius 1 is 1.03 bits per heavy atom. The third kappa shape index (κ3) is 5.56. The first-order chi connectivity index (χ1) is 16.4. The van der Waals surface area contributed by atoms with E-state index in [1.807, 2.05) is 37.3 Å². The predicted octanol–water partition coefficient (Wildman–Crippen LogP) is 3.83. The fourth-order valence-electron chi connectivity index (χ4n) is 4.50. The molecule has 0 bridgehead atoms. The molecule has 2 aliphatic heterocycles. The van der Waals surface area contributed by atoms with Gasteiger partial charge in [-0.05, 0) is 49.6 Å². The largest absolute Gasteiger partial charge is 0.490 e. The average Bonchev–Trinajstić information content (AvgIpc) is 2.82. The molecule has 3 atom stereocenters. The molecule has 4 rings (SSSR count). The molecule has 0 aliphatic carbocycles. The number of likely N-dealkylation sites (N-methyl/N-ethyl adjacent to an activating group) is 1. The van der Waals surface area contributed by atoms with Crippen LogP contribution in [0.1, 0.15) is 49.4 Å². The lowest BCUT2D eigenvalue weighted by Gasteiger charge is -2.42. The highest BCUT2D eigenvalue weighted by Crippen LogP contribution is 2.32. The number of ether oxygens (including phenoxy) is 2. The van der Waals surface area contributed by atoms with Gasteiger partial charge in [-0.25, -0.2) is 0 Å². The molecule has 2 aliphatic rings. The molecule has 2 aromatic rings. The summed E-state index contributed by atoms with van der Waals surface area (Å²) in [5, 5.41) is 5.73. The van der Waals surface area contributed by atoms with E-state index in [-0.39, 0.29) is 49.0 Å². The zero-order valence-electron chi connectivity index (χ0n) is 19.6. The van der Waals surface area contributed by atoms with E-state index in [1.54, 1.807) is 30.1 Å². The maximum atomic E-state index is 13.3. The maximum Gasteiger partial charge on any atom is 0.257 e. The summed E-state index contributed by atoms with van der Waals surface area (Å²) < 4.78 is 12.2. The van der Waals surface area contributed by atoms with Crippen molar-refractivity contribution >= 4 is 29.1 Å². The predicted molar refractivity (Wildman–Crippen MR) is 129 cm³/mol. The van der Waals surface area contributed by atoms with Crippen LogP contribution in [-0.2, 0) is 14.3 Å². The number of nitrogens with one attached hydrogen (secondary N) is 2. The summed E-state index contributed by atoms with van der Waals surface area (Å²) in [7, 11) is 1.77. The highest BCUT2D eigenvalue weighted by molar-refractivity contribution is 5.99. The van der Waals surface area contributed by atoms with Gasteiger partial charge < -0.3 is 25.0 Å². The van der Waals surface area contributed by atoms with E-state index in [0.29, 0.717) is 36.3 Å². The second kappa shape index (κ2) is 10.7. The van der Waals surface area contributed by atoms with Crippen LogP contribution in [0.3, 0.4) is 0 Å². The summed E-state index contributed by atoms with van der Waals surface area (Å²) in [5.41, 5.74) is 1.74. The Hall–Kier alpha value is -3.39. The highest BCUT2D eigenvalue weighted by atomic mass is 16.5. The Bertz CT molecular complexity index is 1040.